The van der Waals surface area contributed by atoms with E-state index in [4.69, 9.17) is 0 Å². The summed E-state index contributed by atoms with van der Waals surface area (Å²) in [6, 6.07) is 6.60. The molecule has 1 aliphatic rings. The van der Waals surface area contributed by atoms with Crippen LogP contribution in [0.5, 0.6) is 0 Å². The molecule has 0 aromatic carbocycles. The van der Waals surface area contributed by atoms with Gasteiger partial charge in [0.05, 0.1) is 5.69 Å². The van der Waals surface area contributed by atoms with Gasteiger partial charge in [0.25, 0.3) is 0 Å². The Hall–Kier alpha value is -0.930. The lowest BCUT2D eigenvalue weighted by Gasteiger charge is -2.36. The van der Waals surface area contributed by atoms with Crippen molar-refractivity contribution in [3.8, 4) is 0 Å². The maximum atomic E-state index is 4.42. The lowest BCUT2D eigenvalue weighted by molar-refractivity contribution is 0.117. The molecule has 3 nitrogen and oxygen atoms in total. The van der Waals surface area contributed by atoms with Gasteiger partial charge in [-0.1, -0.05) is 6.07 Å². The first-order chi connectivity index (χ1) is 7.27. The van der Waals surface area contributed by atoms with Crippen molar-refractivity contribution in [3.63, 3.8) is 0 Å². The van der Waals surface area contributed by atoms with E-state index in [1.807, 2.05) is 12.3 Å². The fourth-order valence-electron chi connectivity index (χ4n) is 2.02. The standard InChI is InChI=1S/C12H19N3/c1-11(12-5-3-4-6-13-12)15-9-7-14(2)8-10-15/h3-6,11H,7-10H2,1-2H3/t11-/m1/s1. The molecule has 0 spiro atoms. The second kappa shape index (κ2) is 4.73. The number of aromatic nitrogens is 1. The first-order valence-electron chi connectivity index (χ1n) is 5.61. The Morgan fingerprint density at radius 1 is 1.20 bits per heavy atom. The molecule has 1 fully saturated rings. The molecule has 1 saturated heterocycles. The van der Waals surface area contributed by atoms with Crippen LogP contribution in [-0.2, 0) is 0 Å². The normalized spacial score (nSPS) is 21.5. The predicted octanol–water partition coefficient (Wildman–Crippen LogP) is 1.39. The van der Waals surface area contributed by atoms with Gasteiger partial charge in [0, 0.05) is 38.4 Å². The highest BCUT2D eigenvalue weighted by Gasteiger charge is 2.20. The third-order valence-electron chi connectivity index (χ3n) is 3.20. The molecule has 3 heteroatoms. The summed E-state index contributed by atoms with van der Waals surface area (Å²) >= 11 is 0. The number of rotatable bonds is 2. The van der Waals surface area contributed by atoms with E-state index in [-0.39, 0.29) is 0 Å². The van der Waals surface area contributed by atoms with Gasteiger partial charge in [-0.2, -0.15) is 0 Å². The first-order valence-corrected chi connectivity index (χ1v) is 5.61. The largest absolute Gasteiger partial charge is 0.304 e. The minimum Gasteiger partial charge on any atom is -0.304 e. The van der Waals surface area contributed by atoms with Crippen molar-refractivity contribution in [1.82, 2.24) is 14.8 Å². The summed E-state index contributed by atoms with van der Waals surface area (Å²) in [5.41, 5.74) is 1.18. The van der Waals surface area contributed by atoms with E-state index in [0.29, 0.717) is 6.04 Å². The third kappa shape index (κ3) is 2.55. The van der Waals surface area contributed by atoms with Gasteiger partial charge >= 0.3 is 0 Å². The van der Waals surface area contributed by atoms with E-state index in [2.05, 4.69) is 40.9 Å². The highest BCUT2D eigenvalue weighted by atomic mass is 15.3. The molecule has 1 aliphatic heterocycles. The van der Waals surface area contributed by atoms with Gasteiger partial charge in [-0.3, -0.25) is 9.88 Å². The smallest absolute Gasteiger partial charge is 0.0572 e. The van der Waals surface area contributed by atoms with Crippen LogP contribution in [0.4, 0.5) is 0 Å². The summed E-state index contributed by atoms with van der Waals surface area (Å²) in [7, 11) is 2.18. The lowest BCUT2D eigenvalue weighted by atomic mass is 10.1. The Morgan fingerprint density at radius 3 is 2.53 bits per heavy atom. The maximum Gasteiger partial charge on any atom is 0.0572 e. The molecule has 0 radical (unpaired) electrons. The molecule has 0 N–H and O–H groups in total. The second-order valence-corrected chi connectivity index (χ2v) is 4.27. The Morgan fingerprint density at radius 2 is 1.93 bits per heavy atom. The molecule has 0 aliphatic carbocycles. The van der Waals surface area contributed by atoms with Crippen LogP contribution in [0.2, 0.25) is 0 Å². The van der Waals surface area contributed by atoms with Gasteiger partial charge in [0.15, 0.2) is 0 Å². The zero-order valence-corrected chi connectivity index (χ0v) is 9.56. The highest BCUT2D eigenvalue weighted by molar-refractivity contribution is 5.08. The zero-order valence-electron chi connectivity index (χ0n) is 9.56. The van der Waals surface area contributed by atoms with E-state index in [0.717, 1.165) is 26.2 Å². The van der Waals surface area contributed by atoms with Gasteiger partial charge in [0.2, 0.25) is 0 Å². The number of nitrogens with zero attached hydrogens (tertiary/aromatic N) is 3. The van der Waals surface area contributed by atoms with E-state index in [1.165, 1.54) is 5.69 Å². The van der Waals surface area contributed by atoms with Crippen LogP contribution in [0, 0.1) is 0 Å². The van der Waals surface area contributed by atoms with E-state index in [9.17, 15) is 0 Å². The number of hydrogen-bond donors (Lipinski definition) is 0. The van der Waals surface area contributed by atoms with Gasteiger partial charge in [0.1, 0.15) is 0 Å². The fraction of sp³-hybridized carbons (Fsp3) is 0.583. The second-order valence-electron chi connectivity index (χ2n) is 4.27. The molecular weight excluding hydrogens is 186 g/mol. The number of hydrogen-bond acceptors (Lipinski definition) is 3. The SMILES string of the molecule is C[C@H](c1ccccn1)N1CCN(C)CC1. The molecule has 0 saturated carbocycles. The number of pyridine rings is 1. The van der Waals surface area contributed by atoms with Crippen LogP contribution in [0.3, 0.4) is 0 Å². The van der Waals surface area contributed by atoms with Crippen LogP contribution >= 0.6 is 0 Å². The zero-order chi connectivity index (χ0) is 10.7. The summed E-state index contributed by atoms with van der Waals surface area (Å²) in [6.07, 6.45) is 1.88. The molecule has 15 heavy (non-hydrogen) atoms. The molecular formula is C12H19N3. The molecule has 82 valence electrons. The molecule has 2 rings (SSSR count). The average Bonchev–Trinajstić information content (AvgIpc) is 2.30. The van der Waals surface area contributed by atoms with E-state index >= 15 is 0 Å². The lowest BCUT2D eigenvalue weighted by Crippen LogP contribution is -2.45. The van der Waals surface area contributed by atoms with Gasteiger partial charge in [-0.05, 0) is 26.1 Å². The van der Waals surface area contributed by atoms with Crippen molar-refractivity contribution in [1.29, 1.82) is 0 Å². The van der Waals surface area contributed by atoms with Crippen molar-refractivity contribution in [2.75, 3.05) is 33.2 Å². The number of likely N-dealkylation sites (N-methyl/N-ethyl adjacent to an activating group) is 1. The molecule has 0 unspecified atom stereocenters. The molecule has 2 heterocycles. The summed E-state index contributed by atoms with van der Waals surface area (Å²) in [5, 5.41) is 0. The van der Waals surface area contributed by atoms with Gasteiger partial charge in [-0.15, -0.1) is 0 Å². The van der Waals surface area contributed by atoms with Crippen LogP contribution in [0.1, 0.15) is 18.7 Å². The van der Waals surface area contributed by atoms with Crippen molar-refractivity contribution >= 4 is 0 Å². The minimum absolute atomic E-state index is 0.444. The minimum atomic E-state index is 0.444. The molecule has 0 bridgehead atoms. The topological polar surface area (TPSA) is 19.4 Å². The predicted molar refractivity (Wildman–Crippen MR) is 61.7 cm³/mol. The van der Waals surface area contributed by atoms with Crippen molar-refractivity contribution in [3.05, 3.63) is 30.1 Å². The quantitative estimate of drug-likeness (QED) is 0.727. The molecule has 1 aromatic rings. The summed E-state index contributed by atoms with van der Waals surface area (Å²) < 4.78 is 0. The third-order valence-corrected chi connectivity index (χ3v) is 3.20. The Labute approximate surface area is 91.7 Å². The summed E-state index contributed by atoms with van der Waals surface area (Å²) in [6.45, 7) is 6.87. The van der Waals surface area contributed by atoms with Crippen LogP contribution in [0.25, 0.3) is 0 Å². The molecule has 1 atom stereocenters. The van der Waals surface area contributed by atoms with Gasteiger partial charge < -0.3 is 4.90 Å². The summed E-state index contributed by atoms with van der Waals surface area (Å²) in [5.74, 6) is 0. The number of piperazine rings is 1. The summed E-state index contributed by atoms with van der Waals surface area (Å²) in [4.78, 5) is 9.30. The van der Waals surface area contributed by atoms with Crippen LogP contribution in [-0.4, -0.2) is 48.0 Å². The van der Waals surface area contributed by atoms with Gasteiger partial charge in [-0.25, -0.2) is 0 Å². The maximum absolute atomic E-state index is 4.42. The van der Waals surface area contributed by atoms with Crippen molar-refractivity contribution in [2.45, 2.75) is 13.0 Å². The van der Waals surface area contributed by atoms with Crippen LogP contribution in [0.15, 0.2) is 24.4 Å². The average molecular weight is 205 g/mol. The van der Waals surface area contributed by atoms with E-state index < -0.39 is 0 Å². The Balaban J connectivity index is 1.99. The Kier molecular flexibility index (Phi) is 3.34. The van der Waals surface area contributed by atoms with Crippen LogP contribution < -0.4 is 0 Å². The Bertz CT molecular complexity index is 291. The first kappa shape index (κ1) is 10.6. The fourth-order valence-corrected chi connectivity index (χ4v) is 2.02. The van der Waals surface area contributed by atoms with Crippen molar-refractivity contribution in [2.24, 2.45) is 0 Å². The molecule has 1 aromatic heterocycles. The van der Waals surface area contributed by atoms with Crippen molar-refractivity contribution < 1.29 is 0 Å². The monoisotopic (exact) mass is 205 g/mol. The molecule has 0 amide bonds. The van der Waals surface area contributed by atoms with E-state index in [1.54, 1.807) is 0 Å². The highest BCUT2D eigenvalue weighted by Crippen LogP contribution is 2.18.